The molecule has 3 N–H and O–H groups in total. The van der Waals surface area contributed by atoms with Crippen molar-refractivity contribution in [1.82, 2.24) is 10.4 Å². The molecule has 1 atom stereocenters. The van der Waals surface area contributed by atoms with E-state index in [0.29, 0.717) is 0 Å². The van der Waals surface area contributed by atoms with E-state index in [2.05, 4.69) is 33.3 Å². The molecule has 3 nitrogen and oxygen atoms in total. The van der Waals surface area contributed by atoms with E-state index in [0.717, 1.165) is 23.0 Å². The summed E-state index contributed by atoms with van der Waals surface area (Å²) in [7, 11) is 0. The van der Waals surface area contributed by atoms with Crippen molar-refractivity contribution in [2.75, 3.05) is 0 Å². The Morgan fingerprint density at radius 1 is 1.57 bits per heavy atom. The van der Waals surface area contributed by atoms with Gasteiger partial charge < -0.3 is 0 Å². The molecule has 0 aromatic carbocycles. The van der Waals surface area contributed by atoms with Crippen LogP contribution >= 0.6 is 15.9 Å². The summed E-state index contributed by atoms with van der Waals surface area (Å²) in [5.41, 5.74) is 3.80. The first-order valence-corrected chi connectivity index (χ1v) is 5.64. The van der Waals surface area contributed by atoms with Crippen LogP contribution in [-0.4, -0.2) is 4.98 Å². The van der Waals surface area contributed by atoms with E-state index in [1.165, 1.54) is 6.42 Å². The predicted molar refractivity (Wildman–Crippen MR) is 61.5 cm³/mol. The first-order chi connectivity index (χ1) is 6.77. The number of nitrogens with two attached hydrogens (primary N) is 1. The number of hydrazine groups is 1. The molecule has 14 heavy (non-hydrogen) atoms. The Bertz CT molecular complexity index is 261. The van der Waals surface area contributed by atoms with Crippen molar-refractivity contribution in [3.63, 3.8) is 0 Å². The highest BCUT2D eigenvalue weighted by Crippen LogP contribution is 2.18. The number of aromatic nitrogens is 1. The molecule has 1 aromatic rings. The summed E-state index contributed by atoms with van der Waals surface area (Å²) in [6.07, 6.45) is 5.16. The zero-order valence-corrected chi connectivity index (χ0v) is 9.92. The monoisotopic (exact) mass is 257 g/mol. The van der Waals surface area contributed by atoms with E-state index in [4.69, 9.17) is 5.84 Å². The smallest absolute Gasteiger partial charge is 0.0632 e. The average molecular weight is 258 g/mol. The topological polar surface area (TPSA) is 50.9 Å². The fraction of sp³-hybridized carbons (Fsp3) is 0.500. The fourth-order valence-electron chi connectivity index (χ4n) is 1.32. The van der Waals surface area contributed by atoms with Gasteiger partial charge in [0.2, 0.25) is 0 Å². The molecule has 1 rings (SSSR count). The molecule has 1 aromatic heterocycles. The molecule has 1 unspecified atom stereocenters. The van der Waals surface area contributed by atoms with Gasteiger partial charge in [0.25, 0.3) is 0 Å². The van der Waals surface area contributed by atoms with Crippen LogP contribution < -0.4 is 11.3 Å². The zero-order valence-electron chi connectivity index (χ0n) is 8.33. The maximum Gasteiger partial charge on any atom is 0.0632 e. The lowest BCUT2D eigenvalue weighted by Gasteiger charge is -2.14. The van der Waals surface area contributed by atoms with Gasteiger partial charge in [-0.2, -0.15) is 0 Å². The number of nitrogens with one attached hydrogen (secondary N) is 1. The summed E-state index contributed by atoms with van der Waals surface area (Å²) in [4.78, 5) is 4.31. The van der Waals surface area contributed by atoms with Crippen LogP contribution in [0.2, 0.25) is 0 Å². The SMILES string of the molecule is CCCCC(NN)c1ccc(Br)cn1. The Morgan fingerprint density at radius 3 is 2.86 bits per heavy atom. The van der Waals surface area contributed by atoms with Crippen molar-refractivity contribution in [3.8, 4) is 0 Å². The summed E-state index contributed by atoms with van der Waals surface area (Å²) in [5.74, 6) is 5.48. The Hall–Kier alpha value is -0.450. The van der Waals surface area contributed by atoms with Gasteiger partial charge in [-0.1, -0.05) is 19.8 Å². The number of nitrogens with zero attached hydrogens (tertiary/aromatic N) is 1. The summed E-state index contributed by atoms with van der Waals surface area (Å²) in [6, 6.07) is 4.14. The third-order valence-electron chi connectivity index (χ3n) is 2.15. The van der Waals surface area contributed by atoms with E-state index in [9.17, 15) is 0 Å². The lowest BCUT2D eigenvalue weighted by molar-refractivity contribution is 0.484. The number of unbranched alkanes of at least 4 members (excludes halogenated alkanes) is 1. The highest BCUT2D eigenvalue weighted by Gasteiger charge is 2.09. The number of hydrogen-bond acceptors (Lipinski definition) is 3. The molecule has 78 valence electrons. The van der Waals surface area contributed by atoms with Gasteiger partial charge in [0.1, 0.15) is 0 Å². The number of halogens is 1. The van der Waals surface area contributed by atoms with Crippen LogP contribution in [0.1, 0.15) is 37.9 Å². The minimum atomic E-state index is 0.169. The molecule has 0 amide bonds. The van der Waals surface area contributed by atoms with Crippen molar-refractivity contribution >= 4 is 15.9 Å². The van der Waals surface area contributed by atoms with Crippen LogP contribution in [0.25, 0.3) is 0 Å². The third kappa shape index (κ3) is 3.36. The molecular weight excluding hydrogens is 242 g/mol. The minimum absolute atomic E-state index is 0.169. The van der Waals surface area contributed by atoms with Crippen LogP contribution in [0.15, 0.2) is 22.8 Å². The van der Waals surface area contributed by atoms with Gasteiger partial charge in [-0.05, 0) is 34.5 Å². The molecule has 0 fully saturated rings. The first-order valence-electron chi connectivity index (χ1n) is 4.85. The highest BCUT2D eigenvalue weighted by atomic mass is 79.9. The Labute approximate surface area is 93.2 Å². The maximum absolute atomic E-state index is 5.48. The molecule has 0 aliphatic rings. The Kier molecular flexibility index (Phi) is 5.07. The summed E-state index contributed by atoms with van der Waals surface area (Å²) >= 11 is 3.35. The molecule has 0 radical (unpaired) electrons. The Morgan fingerprint density at radius 2 is 2.36 bits per heavy atom. The van der Waals surface area contributed by atoms with Crippen LogP contribution in [0, 0.1) is 0 Å². The number of pyridine rings is 1. The van der Waals surface area contributed by atoms with Crippen LogP contribution in [0.5, 0.6) is 0 Å². The molecule has 4 heteroatoms. The molecule has 0 bridgehead atoms. The van der Waals surface area contributed by atoms with Crippen LogP contribution in [0.3, 0.4) is 0 Å². The highest BCUT2D eigenvalue weighted by molar-refractivity contribution is 9.10. The van der Waals surface area contributed by atoms with E-state index in [1.54, 1.807) is 6.20 Å². The molecule has 0 aliphatic carbocycles. The van der Waals surface area contributed by atoms with Crippen molar-refractivity contribution < 1.29 is 0 Å². The zero-order chi connectivity index (χ0) is 10.4. The summed E-state index contributed by atoms with van der Waals surface area (Å²) in [6.45, 7) is 2.17. The maximum atomic E-state index is 5.48. The van der Waals surface area contributed by atoms with Crippen LogP contribution in [0.4, 0.5) is 0 Å². The third-order valence-corrected chi connectivity index (χ3v) is 2.62. The summed E-state index contributed by atoms with van der Waals surface area (Å²) < 4.78 is 0.993. The molecule has 0 saturated heterocycles. The van der Waals surface area contributed by atoms with Crippen molar-refractivity contribution in [1.29, 1.82) is 0 Å². The van der Waals surface area contributed by atoms with Gasteiger partial charge in [0, 0.05) is 10.7 Å². The van der Waals surface area contributed by atoms with Gasteiger partial charge >= 0.3 is 0 Å². The standard InChI is InChI=1S/C10H16BrN3/c1-2-3-4-10(14-12)9-6-5-8(11)7-13-9/h5-7,10,14H,2-4,12H2,1H3. The van der Waals surface area contributed by atoms with Crippen LogP contribution in [-0.2, 0) is 0 Å². The second-order valence-electron chi connectivity index (χ2n) is 3.26. The van der Waals surface area contributed by atoms with Gasteiger partial charge in [-0.15, -0.1) is 0 Å². The van der Waals surface area contributed by atoms with E-state index < -0.39 is 0 Å². The van der Waals surface area contributed by atoms with Crippen molar-refractivity contribution in [2.24, 2.45) is 5.84 Å². The van der Waals surface area contributed by atoms with Gasteiger partial charge in [0.05, 0.1) is 11.7 Å². The lowest BCUT2D eigenvalue weighted by Crippen LogP contribution is -2.28. The predicted octanol–water partition coefficient (Wildman–Crippen LogP) is 2.54. The van der Waals surface area contributed by atoms with Gasteiger partial charge in [-0.25, -0.2) is 0 Å². The number of rotatable bonds is 5. The Balaban J connectivity index is 2.64. The fourth-order valence-corrected chi connectivity index (χ4v) is 1.55. The second kappa shape index (κ2) is 6.11. The largest absolute Gasteiger partial charge is 0.271 e. The second-order valence-corrected chi connectivity index (χ2v) is 4.18. The average Bonchev–Trinajstić information content (AvgIpc) is 2.21. The van der Waals surface area contributed by atoms with E-state index in [1.807, 2.05) is 12.1 Å². The quantitative estimate of drug-likeness (QED) is 0.630. The first kappa shape index (κ1) is 11.6. The lowest BCUT2D eigenvalue weighted by atomic mass is 10.1. The van der Waals surface area contributed by atoms with E-state index >= 15 is 0 Å². The molecule has 1 heterocycles. The van der Waals surface area contributed by atoms with Crippen molar-refractivity contribution in [2.45, 2.75) is 32.2 Å². The summed E-state index contributed by atoms with van der Waals surface area (Å²) in [5, 5.41) is 0. The molecular formula is C10H16BrN3. The molecule has 0 saturated carbocycles. The van der Waals surface area contributed by atoms with Gasteiger partial charge in [0.15, 0.2) is 0 Å². The van der Waals surface area contributed by atoms with Crippen molar-refractivity contribution in [3.05, 3.63) is 28.5 Å². The normalized spacial score (nSPS) is 12.8. The number of hydrogen-bond donors (Lipinski definition) is 2. The minimum Gasteiger partial charge on any atom is -0.271 e. The molecule has 0 aliphatic heterocycles. The van der Waals surface area contributed by atoms with E-state index in [-0.39, 0.29) is 6.04 Å². The molecule has 0 spiro atoms. The van der Waals surface area contributed by atoms with Gasteiger partial charge in [-0.3, -0.25) is 16.3 Å².